The standard InChI is InChI=1S/C15H18N5O6P/c1-23-11-2-4-12(5-3-11)26-27(21,22)10-24-6-7-25-20-9-19-13-14(16)17-8-18-15(13)20/h2-5,8-9H,6-7,10H2,1H3,(H,21,22)(H2,16,17,18). The lowest BCUT2D eigenvalue weighted by Crippen LogP contribution is -2.17. The van der Waals surface area contributed by atoms with Gasteiger partial charge < -0.3 is 29.5 Å². The second-order valence-electron chi connectivity index (χ2n) is 5.28. The predicted molar refractivity (Wildman–Crippen MR) is 95.4 cm³/mol. The van der Waals surface area contributed by atoms with Crippen molar-refractivity contribution in [1.29, 1.82) is 0 Å². The van der Waals surface area contributed by atoms with E-state index in [4.69, 9.17) is 24.6 Å². The van der Waals surface area contributed by atoms with Crippen molar-refractivity contribution in [2.24, 2.45) is 0 Å². The Labute approximate surface area is 154 Å². The Morgan fingerprint density at radius 3 is 2.63 bits per heavy atom. The van der Waals surface area contributed by atoms with Crippen LogP contribution in [0.4, 0.5) is 5.82 Å². The SMILES string of the molecule is COc1ccc(OP(=O)(O)COCCOn2cnc3c(N)ncnc32)cc1. The smallest absolute Gasteiger partial charge is 0.402 e. The first-order valence-corrected chi connectivity index (χ1v) is 9.55. The number of nitrogen functional groups attached to an aromatic ring is 1. The summed E-state index contributed by atoms with van der Waals surface area (Å²) >= 11 is 0. The molecular formula is C15H18N5O6P. The third-order valence-corrected chi connectivity index (χ3v) is 4.36. The molecule has 2 aromatic heterocycles. The zero-order valence-corrected chi connectivity index (χ0v) is 15.3. The van der Waals surface area contributed by atoms with E-state index >= 15 is 0 Å². The highest BCUT2D eigenvalue weighted by atomic mass is 31.2. The van der Waals surface area contributed by atoms with Crippen LogP contribution in [0.2, 0.25) is 0 Å². The van der Waals surface area contributed by atoms with Crippen LogP contribution < -0.4 is 19.8 Å². The molecule has 0 amide bonds. The summed E-state index contributed by atoms with van der Waals surface area (Å²) in [7, 11) is -2.43. The molecule has 2 heterocycles. The molecule has 1 atom stereocenters. The van der Waals surface area contributed by atoms with Crippen LogP contribution in [-0.2, 0) is 9.30 Å². The Morgan fingerprint density at radius 2 is 1.89 bits per heavy atom. The van der Waals surface area contributed by atoms with Gasteiger partial charge >= 0.3 is 7.60 Å². The van der Waals surface area contributed by atoms with Crippen molar-refractivity contribution in [3.05, 3.63) is 36.9 Å². The maximum Gasteiger partial charge on any atom is 0.402 e. The number of rotatable bonds is 9. The Kier molecular flexibility index (Phi) is 5.75. The van der Waals surface area contributed by atoms with Gasteiger partial charge in [0.25, 0.3) is 0 Å². The number of nitrogens with two attached hydrogens (primary N) is 1. The third kappa shape index (κ3) is 4.85. The fourth-order valence-electron chi connectivity index (χ4n) is 2.13. The summed E-state index contributed by atoms with van der Waals surface area (Å²) in [6.45, 7) is 0.147. The summed E-state index contributed by atoms with van der Waals surface area (Å²) in [5.74, 6) is 1.10. The van der Waals surface area contributed by atoms with Crippen LogP contribution >= 0.6 is 7.60 Å². The first-order chi connectivity index (χ1) is 13.0. The predicted octanol–water partition coefficient (Wildman–Crippen LogP) is 1.08. The highest BCUT2D eigenvalue weighted by Gasteiger charge is 2.21. The maximum atomic E-state index is 12.0. The molecule has 0 bridgehead atoms. The molecule has 1 unspecified atom stereocenters. The van der Waals surface area contributed by atoms with Crippen LogP contribution in [0, 0.1) is 0 Å². The minimum atomic E-state index is -3.96. The van der Waals surface area contributed by atoms with Gasteiger partial charge in [0.15, 0.2) is 17.7 Å². The van der Waals surface area contributed by atoms with Gasteiger partial charge in [0.2, 0.25) is 5.65 Å². The van der Waals surface area contributed by atoms with E-state index in [1.807, 2.05) is 0 Å². The minimum Gasteiger partial charge on any atom is -0.497 e. The number of ether oxygens (including phenoxy) is 2. The molecule has 0 aliphatic carbocycles. The Balaban J connectivity index is 1.44. The van der Waals surface area contributed by atoms with Crippen molar-refractivity contribution < 1.29 is 28.3 Å². The molecule has 1 aromatic carbocycles. The molecule has 0 spiro atoms. The van der Waals surface area contributed by atoms with E-state index in [2.05, 4.69) is 15.0 Å². The number of imidazole rings is 1. The zero-order valence-electron chi connectivity index (χ0n) is 14.4. The zero-order chi connectivity index (χ0) is 19.3. The van der Waals surface area contributed by atoms with Gasteiger partial charge in [0.05, 0.1) is 13.7 Å². The molecule has 0 saturated carbocycles. The molecule has 11 nitrogen and oxygen atoms in total. The number of fused-ring (bicyclic) bond motifs is 1. The van der Waals surface area contributed by atoms with Gasteiger partial charge in [0.1, 0.15) is 30.8 Å². The molecule has 144 valence electrons. The van der Waals surface area contributed by atoms with Gasteiger partial charge in [-0.1, -0.05) is 0 Å². The second-order valence-corrected chi connectivity index (χ2v) is 6.99. The Morgan fingerprint density at radius 1 is 1.15 bits per heavy atom. The van der Waals surface area contributed by atoms with Crippen LogP contribution in [0.3, 0.4) is 0 Å². The normalized spacial score (nSPS) is 13.3. The lowest BCUT2D eigenvalue weighted by molar-refractivity contribution is 0.0525. The number of methoxy groups -OCH3 is 1. The molecule has 0 saturated heterocycles. The van der Waals surface area contributed by atoms with E-state index in [1.165, 1.54) is 36.6 Å². The van der Waals surface area contributed by atoms with Crippen LogP contribution in [-0.4, -0.2) is 51.2 Å². The first kappa shape index (κ1) is 18.9. The Hall–Kier alpha value is -2.88. The second kappa shape index (κ2) is 8.21. The average molecular weight is 395 g/mol. The van der Waals surface area contributed by atoms with E-state index in [1.54, 1.807) is 12.1 Å². The third-order valence-electron chi connectivity index (χ3n) is 3.35. The van der Waals surface area contributed by atoms with E-state index in [-0.39, 0.29) is 24.8 Å². The lowest BCUT2D eigenvalue weighted by Gasteiger charge is -2.14. The summed E-state index contributed by atoms with van der Waals surface area (Å²) in [5.41, 5.74) is 6.52. The van der Waals surface area contributed by atoms with Crippen molar-refractivity contribution in [3.63, 3.8) is 0 Å². The maximum absolute atomic E-state index is 12.0. The summed E-state index contributed by atoms with van der Waals surface area (Å²) < 4.78 is 28.6. The Bertz CT molecular complexity index is 948. The van der Waals surface area contributed by atoms with Crippen LogP contribution in [0.5, 0.6) is 11.5 Å². The number of hydrogen-bond acceptors (Lipinski definition) is 9. The van der Waals surface area contributed by atoms with Crippen LogP contribution in [0.1, 0.15) is 0 Å². The highest BCUT2D eigenvalue weighted by Crippen LogP contribution is 2.42. The molecule has 3 aromatic rings. The summed E-state index contributed by atoms with van der Waals surface area (Å²) in [6, 6.07) is 6.30. The number of anilines is 1. The van der Waals surface area contributed by atoms with Gasteiger partial charge in [-0.3, -0.25) is 0 Å². The van der Waals surface area contributed by atoms with E-state index in [0.29, 0.717) is 16.9 Å². The number of nitrogens with zero attached hydrogens (tertiary/aromatic N) is 4. The van der Waals surface area contributed by atoms with Crippen LogP contribution in [0.25, 0.3) is 11.2 Å². The highest BCUT2D eigenvalue weighted by molar-refractivity contribution is 7.53. The number of benzene rings is 1. The fourth-order valence-corrected chi connectivity index (χ4v) is 2.99. The van der Waals surface area contributed by atoms with Crippen molar-refractivity contribution in [2.75, 3.05) is 32.4 Å². The molecule has 0 aliphatic rings. The van der Waals surface area contributed by atoms with Gasteiger partial charge in [-0.25, -0.2) is 19.5 Å². The van der Waals surface area contributed by atoms with Gasteiger partial charge in [0, 0.05) is 0 Å². The van der Waals surface area contributed by atoms with Crippen molar-refractivity contribution in [1.82, 2.24) is 19.7 Å². The van der Waals surface area contributed by atoms with Crippen molar-refractivity contribution >= 4 is 24.6 Å². The molecule has 0 fully saturated rings. The lowest BCUT2D eigenvalue weighted by atomic mass is 10.3. The fraction of sp³-hybridized carbons (Fsp3) is 0.267. The summed E-state index contributed by atoms with van der Waals surface area (Å²) in [4.78, 5) is 27.2. The minimum absolute atomic E-state index is 0.0523. The van der Waals surface area contributed by atoms with Gasteiger partial charge in [-0.05, 0) is 24.3 Å². The molecule has 3 rings (SSSR count). The average Bonchev–Trinajstić information content (AvgIpc) is 3.06. The quantitative estimate of drug-likeness (QED) is 0.399. The topological polar surface area (TPSA) is 144 Å². The monoisotopic (exact) mass is 395 g/mol. The molecule has 3 N–H and O–H groups in total. The molecule has 0 aliphatic heterocycles. The van der Waals surface area contributed by atoms with Gasteiger partial charge in [-0.2, -0.15) is 4.73 Å². The molecule has 12 heteroatoms. The van der Waals surface area contributed by atoms with Gasteiger partial charge in [-0.15, -0.1) is 0 Å². The largest absolute Gasteiger partial charge is 0.497 e. The van der Waals surface area contributed by atoms with Crippen LogP contribution in [0.15, 0.2) is 36.9 Å². The molecule has 27 heavy (non-hydrogen) atoms. The van der Waals surface area contributed by atoms with Crippen molar-refractivity contribution in [3.8, 4) is 11.5 Å². The molecular weight excluding hydrogens is 377 g/mol. The number of aromatic nitrogens is 4. The summed E-state index contributed by atoms with van der Waals surface area (Å²) in [6.07, 6.45) is 2.22. The number of hydrogen-bond donors (Lipinski definition) is 2. The molecule has 0 radical (unpaired) electrons. The van der Waals surface area contributed by atoms with E-state index in [9.17, 15) is 9.46 Å². The van der Waals surface area contributed by atoms with E-state index in [0.717, 1.165) is 0 Å². The first-order valence-electron chi connectivity index (χ1n) is 7.78. The van der Waals surface area contributed by atoms with Crippen molar-refractivity contribution in [2.45, 2.75) is 0 Å². The van der Waals surface area contributed by atoms with E-state index < -0.39 is 13.9 Å². The summed E-state index contributed by atoms with van der Waals surface area (Å²) in [5, 5.41) is 0.